The first-order valence-electron chi connectivity index (χ1n) is 8.49. The van der Waals surface area contributed by atoms with Gasteiger partial charge in [-0.15, -0.1) is 16.6 Å². The van der Waals surface area contributed by atoms with E-state index in [-0.39, 0.29) is 17.7 Å². The van der Waals surface area contributed by atoms with Crippen molar-refractivity contribution in [2.24, 2.45) is 0 Å². The molecule has 1 aromatic carbocycles. The molecule has 6 nitrogen and oxygen atoms in total. The Morgan fingerprint density at radius 1 is 1.33 bits per heavy atom. The fourth-order valence-corrected chi connectivity index (χ4v) is 3.47. The molecule has 0 bridgehead atoms. The third kappa shape index (κ3) is 4.41. The SMILES string of the molecule is C#CCNC(=O)C(C)Sc1nnc(-c2ccoc2C)n1Cc1ccccc1. The van der Waals surface area contributed by atoms with Crippen molar-refractivity contribution in [2.75, 3.05) is 6.54 Å². The number of hydrogen-bond donors (Lipinski definition) is 1. The number of terminal acetylenes is 1. The minimum absolute atomic E-state index is 0.131. The summed E-state index contributed by atoms with van der Waals surface area (Å²) < 4.78 is 7.43. The maximum absolute atomic E-state index is 12.2. The van der Waals surface area contributed by atoms with E-state index in [1.165, 1.54) is 11.8 Å². The summed E-state index contributed by atoms with van der Waals surface area (Å²) in [5.74, 6) is 3.76. The Hall–Kier alpha value is -2.98. The van der Waals surface area contributed by atoms with Crippen molar-refractivity contribution >= 4 is 17.7 Å². The maximum Gasteiger partial charge on any atom is 0.234 e. The molecule has 0 radical (unpaired) electrons. The van der Waals surface area contributed by atoms with Crippen LogP contribution in [0.4, 0.5) is 0 Å². The molecular formula is C20H20N4O2S. The van der Waals surface area contributed by atoms with E-state index in [0.29, 0.717) is 17.5 Å². The van der Waals surface area contributed by atoms with Crippen molar-refractivity contribution in [2.45, 2.75) is 30.8 Å². The number of nitrogens with zero attached hydrogens (tertiary/aromatic N) is 3. The van der Waals surface area contributed by atoms with Crippen LogP contribution in [0.15, 0.2) is 52.2 Å². The van der Waals surface area contributed by atoms with Gasteiger partial charge in [0.1, 0.15) is 5.76 Å². The number of benzene rings is 1. The highest BCUT2D eigenvalue weighted by Crippen LogP contribution is 2.29. The minimum Gasteiger partial charge on any atom is -0.469 e. The van der Waals surface area contributed by atoms with E-state index < -0.39 is 0 Å². The molecule has 0 aliphatic rings. The molecule has 2 heterocycles. The van der Waals surface area contributed by atoms with Gasteiger partial charge in [0.2, 0.25) is 5.91 Å². The fourth-order valence-electron chi connectivity index (χ4n) is 2.59. The molecule has 0 saturated heterocycles. The number of amides is 1. The lowest BCUT2D eigenvalue weighted by Gasteiger charge is -2.13. The van der Waals surface area contributed by atoms with Crippen molar-refractivity contribution in [3.63, 3.8) is 0 Å². The van der Waals surface area contributed by atoms with Crippen LogP contribution in [0.25, 0.3) is 11.4 Å². The summed E-state index contributed by atoms with van der Waals surface area (Å²) >= 11 is 1.35. The van der Waals surface area contributed by atoms with Crippen molar-refractivity contribution < 1.29 is 9.21 Å². The fraction of sp³-hybridized carbons (Fsp3) is 0.250. The summed E-state index contributed by atoms with van der Waals surface area (Å²) in [5, 5.41) is 11.7. The highest BCUT2D eigenvalue weighted by atomic mass is 32.2. The third-order valence-electron chi connectivity index (χ3n) is 4.02. The molecule has 0 aliphatic heterocycles. The van der Waals surface area contributed by atoms with Crippen molar-refractivity contribution in [1.29, 1.82) is 0 Å². The molecule has 0 saturated carbocycles. The predicted octanol–water partition coefficient (Wildman–Crippen LogP) is 3.12. The Kier molecular flexibility index (Phi) is 5.99. The van der Waals surface area contributed by atoms with Crippen LogP contribution < -0.4 is 5.32 Å². The Morgan fingerprint density at radius 3 is 2.78 bits per heavy atom. The first kappa shape index (κ1) is 18.8. The second-order valence-electron chi connectivity index (χ2n) is 5.95. The molecular weight excluding hydrogens is 360 g/mol. The average Bonchev–Trinajstić information content (AvgIpc) is 3.26. The number of carbonyl (C=O) groups is 1. The van der Waals surface area contributed by atoms with Gasteiger partial charge < -0.3 is 9.73 Å². The van der Waals surface area contributed by atoms with Gasteiger partial charge >= 0.3 is 0 Å². The zero-order chi connectivity index (χ0) is 19.2. The van der Waals surface area contributed by atoms with Crippen molar-refractivity contribution in [1.82, 2.24) is 20.1 Å². The van der Waals surface area contributed by atoms with Crippen LogP contribution in [-0.4, -0.2) is 32.5 Å². The van der Waals surface area contributed by atoms with Crippen LogP contribution in [0.5, 0.6) is 0 Å². The monoisotopic (exact) mass is 380 g/mol. The zero-order valence-corrected chi connectivity index (χ0v) is 16.0. The number of aromatic nitrogens is 3. The normalized spacial score (nSPS) is 11.7. The summed E-state index contributed by atoms with van der Waals surface area (Å²) in [6.07, 6.45) is 6.84. The van der Waals surface area contributed by atoms with Gasteiger partial charge in [-0.3, -0.25) is 9.36 Å². The Balaban J connectivity index is 1.92. The smallest absolute Gasteiger partial charge is 0.234 e. The van der Waals surface area contributed by atoms with Crippen LogP contribution in [0.2, 0.25) is 0 Å². The van der Waals surface area contributed by atoms with Crippen LogP contribution in [0.3, 0.4) is 0 Å². The van der Waals surface area contributed by atoms with Crippen molar-refractivity contribution in [3.8, 4) is 23.7 Å². The maximum atomic E-state index is 12.2. The van der Waals surface area contributed by atoms with E-state index in [0.717, 1.165) is 16.9 Å². The molecule has 7 heteroatoms. The molecule has 1 unspecified atom stereocenters. The average molecular weight is 380 g/mol. The summed E-state index contributed by atoms with van der Waals surface area (Å²) in [7, 11) is 0. The predicted molar refractivity (Wildman–Crippen MR) is 105 cm³/mol. The highest BCUT2D eigenvalue weighted by molar-refractivity contribution is 8.00. The summed E-state index contributed by atoms with van der Waals surface area (Å²) in [4.78, 5) is 12.2. The molecule has 138 valence electrons. The van der Waals surface area contributed by atoms with Gasteiger partial charge in [0.25, 0.3) is 0 Å². The number of furan rings is 1. The van der Waals surface area contributed by atoms with Crippen LogP contribution in [-0.2, 0) is 11.3 Å². The first-order chi connectivity index (χ1) is 13.1. The molecule has 1 amide bonds. The lowest BCUT2D eigenvalue weighted by Crippen LogP contribution is -2.31. The van der Waals surface area contributed by atoms with Gasteiger partial charge in [-0.05, 0) is 25.5 Å². The number of hydrogen-bond acceptors (Lipinski definition) is 5. The second kappa shape index (κ2) is 8.60. The summed E-state index contributed by atoms with van der Waals surface area (Å²) in [5.41, 5.74) is 2.00. The van der Waals surface area contributed by atoms with Crippen molar-refractivity contribution in [3.05, 3.63) is 54.0 Å². The Morgan fingerprint density at radius 2 is 2.11 bits per heavy atom. The topological polar surface area (TPSA) is 73.0 Å². The molecule has 27 heavy (non-hydrogen) atoms. The third-order valence-corrected chi connectivity index (χ3v) is 5.10. The molecule has 0 aliphatic carbocycles. The molecule has 3 aromatic rings. The van der Waals surface area contributed by atoms with Gasteiger partial charge in [-0.1, -0.05) is 48.0 Å². The van der Waals surface area contributed by atoms with E-state index in [9.17, 15) is 4.79 Å². The molecule has 1 N–H and O–H groups in total. The van der Waals surface area contributed by atoms with Gasteiger partial charge in [0.15, 0.2) is 11.0 Å². The molecule has 3 rings (SSSR count). The van der Waals surface area contributed by atoms with E-state index in [1.54, 1.807) is 6.26 Å². The summed E-state index contributed by atoms with van der Waals surface area (Å²) in [6, 6.07) is 11.9. The number of carbonyl (C=O) groups excluding carboxylic acids is 1. The number of aryl methyl sites for hydroxylation is 1. The lowest BCUT2D eigenvalue weighted by molar-refractivity contribution is -0.120. The van der Waals surface area contributed by atoms with E-state index in [2.05, 4.69) is 21.4 Å². The first-order valence-corrected chi connectivity index (χ1v) is 9.37. The molecule has 1 atom stereocenters. The van der Waals surface area contributed by atoms with E-state index in [1.807, 2.05) is 54.8 Å². The zero-order valence-electron chi connectivity index (χ0n) is 15.2. The van der Waals surface area contributed by atoms with Crippen LogP contribution in [0, 0.1) is 19.3 Å². The molecule has 2 aromatic heterocycles. The highest BCUT2D eigenvalue weighted by Gasteiger charge is 2.22. The Labute approximate surface area is 162 Å². The summed E-state index contributed by atoms with van der Waals surface area (Å²) in [6.45, 7) is 4.51. The number of rotatable bonds is 7. The molecule has 0 spiro atoms. The van der Waals surface area contributed by atoms with E-state index in [4.69, 9.17) is 10.8 Å². The second-order valence-corrected chi connectivity index (χ2v) is 7.26. The quantitative estimate of drug-likeness (QED) is 0.504. The van der Waals surface area contributed by atoms with E-state index >= 15 is 0 Å². The van der Waals surface area contributed by atoms with Crippen LogP contribution in [0.1, 0.15) is 18.2 Å². The van der Waals surface area contributed by atoms with Gasteiger partial charge in [0, 0.05) is 0 Å². The van der Waals surface area contributed by atoms with Gasteiger partial charge in [-0.25, -0.2) is 0 Å². The largest absolute Gasteiger partial charge is 0.469 e. The lowest BCUT2D eigenvalue weighted by atomic mass is 10.2. The van der Waals surface area contributed by atoms with Gasteiger partial charge in [-0.2, -0.15) is 0 Å². The standard InChI is InChI=1S/C20H20N4O2S/c1-4-11-21-19(25)15(3)27-20-23-22-18(17-10-12-26-14(17)2)24(20)13-16-8-6-5-7-9-16/h1,5-10,12,15H,11,13H2,2-3H3,(H,21,25). The van der Waals surface area contributed by atoms with Crippen LogP contribution >= 0.6 is 11.8 Å². The number of thioether (sulfide) groups is 1. The molecule has 0 fully saturated rings. The van der Waals surface area contributed by atoms with Gasteiger partial charge in [0.05, 0.1) is 30.2 Å². The Bertz CT molecular complexity index is 956. The minimum atomic E-state index is -0.352. The number of nitrogens with one attached hydrogen (secondary N) is 1.